The molecule has 1 radical (unpaired) electrons. The van der Waals surface area contributed by atoms with Gasteiger partial charge in [-0.2, -0.15) is 18.3 Å². The molecule has 1 atom stereocenters. The van der Waals surface area contributed by atoms with Gasteiger partial charge in [-0.25, -0.2) is 9.48 Å². The van der Waals surface area contributed by atoms with Crippen molar-refractivity contribution in [2.45, 2.75) is 57.8 Å². The van der Waals surface area contributed by atoms with Gasteiger partial charge in [0.15, 0.2) is 7.28 Å². The first-order valence-electron chi connectivity index (χ1n) is 10.1. The fourth-order valence-corrected chi connectivity index (χ4v) is 4.74. The van der Waals surface area contributed by atoms with Crippen molar-refractivity contribution in [2.24, 2.45) is 0 Å². The molecule has 2 aromatic heterocycles. The van der Waals surface area contributed by atoms with Gasteiger partial charge in [0.1, 0.15) is 17.2 Å². The quantitative estimate of drug-likeness (QED) is 0.290. The fourth-order valence-electron chi connectivity index (χ4n) is 2.91. The Kier molecular flexibility index (Phi) is 8.89. The number of halogens is 3. The first kappa shape index (κ1) is 26.3. The molecule has 0 amide bonds. The summed E-state index contributed by atoms with van der Waals surface area (Å²) in [5, 5.41) is 3.89. The van der Waals surface area contributed by atoms with Gasteiger partial charge in [0.25, 0.3) is 5.56 Å². The molecule has 0 bridgehead atoms. The third-order valence-corrected chi connectivity index (χ3v) is 7.39. The Hall–Kier alpha value is -1.92. The number of thiophene rings is 1. The van der Waals surface area contributed by atoms with Crippen LogP contribution in [0, 0.1) is 0 Å². The minimum absolute atomic E-state index is 0.266. The van der Waals surface area contributed by atoms with Crippen molar-refractivity contribution in [3.8, 4) is 0 Å². The monoisotopic (exact) mass is 487 g/mol. The summed E-state index contributed by atoms with van der Waals surface area (Å²) >= 11 is 1.22. The van der Waals surface area contributed by atoms with E-state index in [1.165, 1.54) is 25.7 Å². The number of rotatable bonds is 10. The van der Waals surface area contributed by atoms with Crippen LogP contribution < -0.4 is 11.0 Å². The van der Waals surface area contributed by atoms with E-state index in [1.54, 1.807) is 19.1 Å². The summed E-state index contributed by atoms with van der Waals surface area (Å²) in [6.07, 6.45) is -3.37. The molecule has 0 saturated heterocycles. The molecule has 6 nitrogen and oxygen atoms in total. The number of ether oxygens (including phenoxy) is 2. The second-order valence-corrected chi connectivity index (χ2v) is 15.5. The maximum Gasteiger partial charge on any atom is 0.421 e. The molecule has 0 saturated carbocycles. The molecule has 0 aliphatic rings. The van der Waals surface area contributed by atoms with Crippen LogP contribution in [0.1, 0.15) is 27.0 Å². The predicted molar refractivity (Wildman–Crippen MR) is 122 cm³/mol. The van der Waals surface area contributed by atoms with Crippen LogP contribution in [-0.4, -0.2) is 44.8 Å². The van der Waals surface area contributed by atoms with Crippen LogP contribution >= 0.6 is 11.3 Å². The highest BCUT2D eigenvalue weighted by Crippen LogP contribution is 2.26. The molecule has 0 aliphatic carbocycles. The molecule has 0 spiro atoms. The Morgan fingerprint density at radius 3 is 2.59 bits per heavy atom. The fraction of sp³-hybridized carbons (Fsp3) is 0.550. The molecule has 1 unspecified atom stereocenters. The van der Waals surface area contributed by atoms with Crippen molar-refractivity contribution < 1.29 is 27.4 Å². The molecule has 32 heavy (non-hydrogen) atoms. The van der Waals surface area contributed by atoms with E-state index in [0.29, 0.717) is 22.6 Å². The summed E-state index contributed by atoms with van der Waals surface area (Å²) in [6, 6.07) is 4.18. The molecule has 2 rings (SSSR count). The van der Waals surface area contributed by atoms with Crippen molar-refractivity contribution >= 4 is 38.1 Å². The van der Waals surface area contributed by atoms with Gasteiger partial charge in [0, 0.05) is 25.8 Å². The van der Waals surface area contributed by atoms with Gasteiger partial charge < -0.3 is 9.47 Å². The zero-order chi connectivity index (χ0) is 24.1. The summed E-state index contributed by atoms with van der Waals surface area (Å²) in [4.78, 5) is 25.3. The smallest absolute Gasteiger partial charge is 0.421 e. The largest absolute Gasteiger partial charge is 0.465 e. The number of hydrogen-bond donors (Lipinski definition) is 0. The van der Waals surface area contributed by atoms with Crippen molar-refractivity contribution in [3.05, 3.63) is 44.0 Å². The van der Waals surface area contributed by atoms with Gasteiger partial charge in [-0.15, -0.1) is 11.3 Å². The Balaban J connectivity index is 2.15. The minimum atomic E-state index is -4.83. The van der Waals surface area contributed by atoms with Gasteiger partial charge in [-0.3, -0.25) is 4.79 Å². The summed E-state index contributed by atoms with van der Waals surface area (Å²) in [5.74, 6) is -0.789. The second-order valence-electron chi connectivity index (χ2n) is 8.73. The molecular weight excluding hydrogens is 460 g/mol. The lowest BCUT2D eigenvalue weighted by atomic mass is 9.58. The number of hydrogen-bond acceptors (Lipinski definition) is 6. The summed E-state index contributed by atoms with van der Waals surface area (Å²) < 4.78 is 51.9. The number of carbonyl (C=O) groups is 1. The molecule has 2 aromatic rings. The Morgan fingerprint density at radius 1 is 1.31 bits per heavy atom. The van der Waals surface area contributed by atoms with E-state index in [0.717, 1.165) is 17.1 Å². The van der Waals surface area contributed by atoms with Gasteiger partial charge in [-0.1, -0.05) is 37.8 Å². The highest BCUT2D eigenvalue weighted by molar-refractivity contribution is 7.14. The maximum absolute atomic E-state index is 13.7. The number of alkyl halides is 3. The zero-order valence-electron chi connectivity index (χ0n) is 18.8. The zero-order valence-corrected chi connectivity index (χ0v) is 20.6. The molecule has 0 fully saturated rings. The number of carbonyl (C=O) groups excluding carboxylic acids is 1. The highest BCUT2D eigenvalue weighted by atomic mass is 32.1. The van der Waals surface area contributed by atoms with E-state index in [9.17, 15) is 22.8 Å². The lowest BCUT2D eigenvalue weighted by molar-refractivity contribution is -0.138. The van der Waals surface area contributed by atoms with Crippen molar-refractivity contribution in [1.29, 1.82) is 0 Å². The second kappa shape index (κ2) is 10.8. The molecule has 0 aliphatic heterocycles. The van der Waals surface area contributed by atoms with Crippen LogP contribution in [-0.2, 0) is 28.8 Å². The van der Waals surface area contributed by atoms with E-state index in [4.69, 9.17) is 4.74 Å². The molecule has 2 heterocycles. The van der Waals surface area contributed by atoms with Gasteiger partial charge in [-0.05, 0) is 24.6 Å². The molecule has 12 heteroatoms. The average molecular weight is 487 g/mol. The molecular formula is C20H27BF3N2O4SSi. The Labute approximate surface area is 191 Å². The number of esters is 1. The van der Waals surface area contributed by atoms with Crippen molar-refractivity contribution in [3.63, 3.8) is 0 Å². The summed E-state index contributed by atoms with van der Waals surface area (Å²) in [6.45, 7) is 8.24. The van der Waals surface area contributed by atoms with E-state index in [2.05, 4.69) is 29.5 Å². The first-order chi connectivity index (χ1) is 14.8. The van der Waals surface area contributed by atoms with Crippen LogP contribution in [0.3, 0.4) is 0 Å². The van der Waals surface area contributed by atoms with Gasteiger partial charge >= 0.3 is 12.1 Å². The first-order valence-corrected chi connectivity index (χ1v) is 14.6. The topological polar surface area (TPSA) is 70.4 Å². The number of nitrogens with zero attached hydrogens (tertiary/aromatic N) is 2. The maximum atomic E-state index is 13.7. The minimum Gasteiger partial charge on any atom is -0.465 e. The van der Waals surface area contributed by atoms with E-state index in [-0.39, 0.29) is 18.0 Å². The van der Waals surface area contributed by atoms with Crippen LogP contribution in [0.25, 0.3) is 0 Å². The van der Waals surface area contributed by atoms with E-state index >= 15 is 0 Å². The summed E-state index contributed by atoms with van der Waals surface area (Å²) in [5.41, 5.74) is -2.75. The Bertz CT molecular complexity index is 988. The van der Waals surface area contributed by atoms with Crippen LogP contribution in [0.15, 0.2) is 23.1 Å². The third kappa shape index (κ3) is 7.59. The van der Waals surface area contributed by atoms with Crippen LogP contribution in [0.5, 0.6) is 0 Å². The highest BCUT2D eigenvalue weighted by Gasteiger charge is 2.38. The molecule has 0 aromatic carbocycles. The lowest BCUT2D eigenvalue weighted by Gasteiger charge is -2.17. The number of aromatic nitrogens is 2. The SMILES string of the molecule is COC(=O)c1ccc(CC(C)[B]c2cnn(COCC[Si](C)(C)C)c(=O)c2C(F)(F)F)s1. The molecule has 0 N–H and O–H groups in total. The van der Waals surface area contributed by atoms with Crippen molar-refractivity contribution in [2.75, 3.05) is 13.7 Å². The van der Waals surface area contributed by atoms with Crippen LogP contribution in [0.4, 0.5) is 13.2 Å². The number of methoxy groups -OCH3 is 1. The van der Waals surface area contributed by atoms with Gasteiger partial charge in [0.05, 0.1) is 7.11 Å². The summed E-state index contributed by atoms with van der Waals surface area (Å²) in [7, 11) is 1.30. The average Bonchev–Trinajstić information content (AvgIpc) is 3.12. The third-order valence-electron chi connectivity index (χ3n) is 4.60. The normalized spacial score (nSPS) is 13.1. The van der Waals surface area contributed by atoms with Crippen molar-refractivity contribution in [1.82, 2.24) is 9.78 Å². The molecule has 175 valence electrons. The standard InChI is InChI=1S/C20H27BF3N2O4SSi/c1-13(10-14-6-7-16(31-14)19(28)29-2)21-15-11-25-26(12-30-8-9-32(3,4)5)18(27)17(15)20(22,23)24/h6-7,11,13H,8-10,12H2,1-5H3. The lowest BCUT2D eigenvalue weighted by Crippen LogP contribution is -2.41. The van der Waals surface area contributed by atoms with Crippen LogP contribution in [0.2, 0.25) is 31.5 Å². The van der Waals surface area contributed by atoms with E-state index in [1.807, 2.05) is 0 Å². The Morgan fingerprint density at radius 2 is 2.00 bits per heavy atom. The van der Waals surface area contributed by atoms with Gasteiger partial charge in [0.2, 0.25) is 0 Å². The van der Waals surface area contributed by atoms with E-state index < -0.39 is 31.3 Å². The predicted octanol–water partition coefficient (Wildman–Crippen LogP) is 3.80.